The number of hydrogen-bond donors (Lipinski definition) is 4. The van der Waals surface area contributed by atoms with Gasteiger partial charge in [0.1, 0.15) is 11.2 Å². The number of fused-ring (bicyclic) bond motifs is 7. The van der Waals surface area contributed by atoms with E-state index in [9.17, 15) is 30.0 Å². The lowest BCUT2D eigenvalue weighted by atomic mass is 9.33. The summed E-state index contributed by atoms with van der Waals surface area (Å²) in [6, 6.07) is 0. The predicted octanol–water partition coefficient (Wildman–Crippen LogP) is 4.36. The zero-order valence-corrected chi connectivity index (χ0v) is 22.8. The highest BCUT2D eigenvalue weighted by molar-refractivity contribution is 5.86. The van der Waals surface area contributed by atoms with Crippen LogP contribution in [-0.2, 0) is 9.59 Å². The van der Waals surface area contributed by atoms with Crippen LogP contribution in [-0.4, -0.2) is 51.5 Å². The topological polar surface area (TPSA) is 115 Å². The summed E-state index contributed by atoms with van der Waals surface area (Å²) in [5, 5.41) is 42.7. The molecule has 5 aliphatic rings. The highest BCUT2D eigenvalue weighted by Crippen LogP contribution is 2.75. The number of carboxylic acids is 1. The highest BCUT2D eigenvalue weighted by atomic mass is 16.4. The number of ketones is 1. The van der Waals surface area contributed by atoms with Gasteiger partial charge in [-0.3, -0.25) is 9.59 Å². The van der Waals surface area contributed by atoms with Crippen molar-refractivity contribution in [3.8, 4) is 0 Å². The van der Waals surface area contributed by atoms with Crippen molar-refractivity contribution in [1.29, 1.82) is 0 Å². The molecule has 0 saturated heterocycles. The van der Waals surface area contributed by atoms with Crippen molar-refractivity contribution in [2.75, 3.05) is 13.2 Å². The van der Waals surface area contributed by atoms with Crippen LogP contribution in [0.3, 0.4) is 0 Å². The van der Waals surface area contributed by atoms with E-state index in [0.717, 1.165) is 25.7 Å². The number of rotatable bonds is 3. The third kappa shape index (κ3) is 2.95. The molecule has 4 N–H and O–H groups in total. The van der Waals surface area contributed by atoms with Gasteiger partial charge in [0.2, 0.25) is 0 Å². The lowest BCUT2D eigenvalue weighted by Crippen LogP contribution is -2.67. The lowest BCUT2D eigenvalue weighted by Gasteiger charge is -2.71. The first-order valence-corrected chi connectivity index (χ1v) is 14.1. The minimum Gasteiger partial charge on any atom is -0.481 e. The van der Waals surface area contributed by atoms with E-state index in [1.807, 2.05) is 13.8 Å². The fourth-order valence-corrected chi connectivity index (χ4v) is 10.6. The van der Waals surface area contributed by atoms with Crippen LogP contribution in [0.15, 0.2) is 11.6 Å². The molecule has 0 heterocycles. The molecule has 0 spiro atoms. The molecule has 6 heteroatoms. The first-order chi connectivity index (χ1) is 16.7. The number of aliphatic carboxylic acids is 1. The Hall–Kier alpha value is -1.24. The molecule has 202 valence electrons. The van der Waals surface area contributed by atoms with Crippen LogP contribution in [0, 0.1) is 50.2 Å². The van der Waals surface area contributed by atoms with Crippen molar-refractivity contribution in [3.63, 3.8) is 0 Å². The van der Waals surface area contributed by atoms with E-state index in [1.165, 1.54) is 5.57 Å². The van der Waals surface area contributed by atoms with Crippen LogP contribution in [0.5, 0.6) is 0 Å². The summed E-state index contributed by atoms with van der Waals surface area (Å²) in [6.45, 7) is 10.8. The van der Waals surface area contributed by atoms with Crippen LogP contribution in [0.1, 0.15) is 92.4 Å². The average molecular weight is 503 g/mol. The Bertz CT molecular complexity index is 1010. The Morgan fingerprint density at radius 1 is 0.972 bits per heavy atom. The molecule has 5 rings (SSSR count). The summed E-state index contributed by atoms with van der Waals surface area (Å²) < 4.78 is 0. The van der Waals surface area contributed by atoms with E-state index in [0.29, 0.717) is 32.1 Å². The standard InChI is InChI=1S/C30H46O6/c1-25(16-31)12-13-30(24(35)36)19(14-25)18-6-7-21-26(2)10-9-22(33)27(3,17-32)20(26)8-11-28(21,4)29(18,5)15-23(30)34/h6,19-21,23,31-32,34H,7-17H2,1-5H3,(H,35,36)/t19?,20-,21?,23-,25-,26+,27+,28-,29-,30-/m1/s1. The van der Waals surface area contributed by atoms with Gasteiger partial charge >= 0.3 is 5.97 Å². The summed E-state index contributed by atoms with van der Waals surface area (Å²) in [4.78, 5) is 25.8. The fraction of sp³-hybridized carbons (Fsp3) is 0.867. The molecule has 6 nitrogen and oxygen atoms in total. The van der Waals surface area contributed by atoms with E-state index in [4.69, 9.17) is 0 Å². The van der Waals surface area contributed by atoms with Gasteiger partial charge in [-0.05, 0) is 90.8 Å². The number of Topliss-reactive ketones (excluding diaryl/α,β-unsaturated/α-hetero) is 1. The van der Waals surface area contributed by atoms with Gasteiger partial charge in [-0.15, -0.1) is 0 Å². The maximum absolute atomic E-state index is 13.0. The molecule has 4 saturated carbocycles. The Morgan fingerprint density at radius 2 is 1.67 bits per heavy atom. The van der Waals surface area contributed by atoms with Crippen molar-refractivity contribution >= 4 is 11.8 Å². The molecule has 0 aromatic carbocycles. The first-order valence-electron chi connectivity index (χ1n) is 14.1. The quantitative estimate of drug-likeness (QED) is 0.426. The third-order valence-electron chi connectivity index (χ3n) is 13.2. The van der Waals surface area contributed by atoms with E-state index < -0.39 is 22.9 Å². The fourth-order valence-electron chi connectivity index (χ4n) is 10.6. The molecular formula is C30H46O6. The molecule has 10 atom stereocenters. The highest BCUT2D eigenvalue weighted by Gasteiger charge is 2.71. The minimum atomic E-state index is -1.20. The maximum Gasteiger partial charge on any atom is 0.312 e. The van der Waals surface area contributed by atoms with Gasteiger partial charge in [-0.25, -0.2) is 0 Å². The summed E-state index contributed by atoms with van der Waals surface area (Å²) in [6.07, 6.45) is 7.25. The Morgan fingerprint density at radius 3 is 2.28 bits per heavy atom. The Kier molecular flexibility index (Phi) is 5.78. The van der Waals surface area contributed by atoms with Crippen LogP contribution in [0.4, 0.5) is 0 Å². The van der Waals surface area contributed by atoms with Crippen molar-refractivity contribution in [3.05, 3.63) is 11.6 Å². The van der Waals surface area contributed by atoms with Crippen molar-refractivity contribution in [2.24, 2.45) is 50.2 Å². The van der Waals surface area contributed by atoms with Gasteiger partial charge in [0.25, 0.3) is 0 Å². The molecular weight excluding hydrogens is 456 g/mol. The van der Waals surface area contributed by atoms with Crippen LogP contribution < -0.4 is 0 Å². The first kappa shape index (κ1) is 26.4. The molecule has 5 aliphatic carbocycles. The number of carboxylic acid groups (broad SMARTS) is 1. The number of aliphatic hydroxyl groups excluding tert-OH is 3. The third-order valence-corrected chi connectivity index (χ3v) is 13.2. The molecule has 0 radical (unpaired) electrons. The Balaban J connectivity index is 1.63. The average Bonchev–Trinajstić information content (AvgIpc) is 2.82. The number of carbonyl (C=O) groups excluding carboxylic acids is 1. The molecule has 36 heavy (non-hydrogen) atoms. The van der Waals surface area contributed by atoms with Gasteiger partial charge in [-0.1, -0.05) is 46.3 Å². The van der Waals surface area contributed by atoms with Crippen LogP contribution in [0.25, 0.3) is 0 Å². The van der Waals surface area contributed by atoms with Gasteiger partial charge < -0.3 is 20.4 Å². The van der Waals surface area contributed by atoms with E-state index in [-0.39, 0.29) is 58.4 Å². The Labute approximate surface area is 215 Å². The minimum absolute atomic E-state index is 0.0205. The van der Waals surface area contributed by atoms with Crippen molar-refractivity contribution < 1.29 is 30.0 Å². The van der Waals surface area contributed by atoms with Crippen molar-refractivity contribution in [2.45, 2.75) is 98.5 Å². The van der Waals surface area contributed by atoms with Gasteiger partial charge in [0.05, 0.1) is 18.1 Å². The second kappa shape index (κ2) is 7.89. The molecule has 0 aliphatic heterocycles. The smallest absolute Gasteiger partial charge is 0.312 e. The second-order valence-corrected chi connectivity index (χ2v) is 14.6. The molecule has 0 amide bonds. The molecule has 4 fully saturated rings. The summed E-state index contributed by atoms with van der Waals surface area (Å²) in [5.74, 6) is -0.621. The van der Waals surface area contributed by atoms with E-state index in [1.54, 1.807) is 0 Å². The predicted molar refractivity (Wildman–Crippen MR) is 136 cm³/mol. The summed E-state index contributed by atoms with van der Waals surface area (Å²) in [7, 11) is 0. The maximum atomic E-state index is 13.0. The SMILES string of the molecule is C[C@@]1(CO)CC[C@@]2(C(=O)O)C(C1)C1=CCC3[C@@]4(C)CCC(=O)[C@@](C)(CO)[C@@H]4CC[C@@]3(C)[C@]1(C)C[C@H]2O. The number of aliphatic hydroxyl groups is 3. The number of hydrogen-bond acceptors (Lipinski definition) is 5. The van der Waals surface area contributed by atoms with Gasteiger partial charge in [0, 0.05) is 13.0 Å². The largest absolute Gasteiger partial charge is 0.481 e. The molecule has 0 aromatic rings. The summed E-state index contributed by atoms with van der Waals surface area (Å²) >= 11 is 0. The molecule has 0 bridgehead atoms. The monoisotopic (exact) mass is 502 g/mol. The molecule has 0 aromatic heterocycles. The van der Waals surface area contributed by atoms with E-state index in [2.05, 4.69) is 26.8 Å². The second-order valence-electron chi connectivity index (χ2n) is 14.6. The zero-order valence-electron chi connectivity index (χ0n) is 22.8. The normalized spacial score (nSPS) is 54.4. The number of carbonyl (C=O) groups is 2. The van der Waals surface area contributed by atoms with Crippen LogP contribution >= 0.6 is 0 Å². The van der Waals surface area contributed by atoms with Crippen molar-refractivity contribution in [1.82, 2.24) is 0 Å². The summed E-state index contributed by atoms with van der Waals surface area (Å²) in [5.41, 5.74) is -1.70. The number of allylic oxidation sites excluding steroid dienone is 2. The molecule has 2 unspecified atom stereocenters. The zero-order chi connectivity index (χ0) is 26.5. The van der Waals surface area contributed by atoms with Gasteiger partial charge in [-0.2, -0.15) is 0 Å². The van der Waals surface area contributed by atoms with Crippen LogP contribution in [0.2, 0.25) is 0 Å². The van der Waals surface area contributed by atoms with Gasteiger partial charge in [0.15, 0.2) is 0 Å². The lowest BCUT2D eigenvalue weighted by molar-refractivity contribution is -0.211. The van der Waals surface area contributed by atoms with E-state index >= 15 is 0 Å².